The number of H-pyrrole nitrogens is 1. The van der Waals surface area contributed by atoms with Gasteiger partial charge in [-0.15, -0.1) is 0 Å². The summed E-state index contributed by atoms with van der Waals surface area (Å²) in [6.45, 7) is 1.20. The van der Waals surface area contributed by atoms with Gasteiger partial charge in [-0.2, -0.15) is 24.2 Å². The molecule has 0 aliphatic heterocycles. The molecule has 1 aromatic carbocycles. The van der Waals surface area contributed by atoms with Gasteiger partial charge in [0.2, 0.25) is 0 Å². The van der Waals surface area contributed by atoms with E-state index in [2.05, 4.69) is 30.9 Å². The summed E-state index contributed by atoms with van der Waals surface area (Å²) in [7, 11) is 0. The minimum atomic E-state index is -4.75. The summed E-state index contributed by atoms with van der Waals surface area (Å²) in [6.07, 6.45) is -4.14. The Bertz CT molecular complexity index is 913. The maximum atomic E-state index is 14.0. The minimum absolute atomic E-state index is 0.0473. The van der Waals surface area contributed by atoms with Gasteiger partial charge in [-0.1, -0.05) is 28.1 Å². The maximum absolute atomic E-state index is 14.0. The highest BCUT2D eigenvalue weighted by molar-refractivity contribution is 9.10. The number of rotatable bonds is 7. The molecule has 0 amide bonds. The summed E-state index contributed by atoms with van der Waals surface area (Å²) in [5, 5.41) is 17.8. The van der Waals surface area contributed by atoms with Crippen molar-refractivity contribution >= 4 is 33.4 Å². The van der Waals surface area contributed by atoms with Crippen molar-refractivity contribution < 1.29 is 37.0 Å². The number of ether oxygens (including phenoxy) is 1. The Morgan fingerprint density at radius 2 is 1.86 bits per heavy atom. The number of carbonyl (C=O) groups excluding carboxylic acids is 1. The molecule has 7 nitrogen and oxygen atoms in total. The van der Waals surface area contributed by atoms with Crippen LogP contribution in [0.3, 0.4) is 0 Å². The first kappa shape index (κ1) is 21.5. The number of hydrogen-bond donors (Lipinski definition) is 2. The molecule has 0 aliphatic carbocycles. The molecule has 0 radical (unpaired) electrons. The van der Waals surface area contributed by atoms with Crippen LogP contribution in [0.2, 0.25) is 0 Å². The Kier molecular flexibility index (Phi) is 6.54. The fourth-order valence-corrected chi connectivity index (χ4v) is 2.52. The van der Waals surface area contributed by atoms with E-state index in [1.165, 1.54) is 31.2 Å². The lowest BCUT2D eigenvalue weighted by Gasteiger charge is -2.16. The number of hydrogen-bond acceptors (Lipinski definition) is 5. The molecular formula is C16H12BrF4N3O4. The van der Waals surface area contributed by atoms with Crippen molar-refractivity contribution in [3.05, 3.63) is 51.3 Å². The number of benzene rings is 1. The van der Waals surface area contributed by atoms with Crippen LogP contribution in [-0.2, 0) is 20.2 Å². The van der Waals surface area contributed by atoms with Gasteiger partial charge in [0.15, 0.2) is 11.3 Å². The van der Waals surface area contributed by atoms with Gasteiger partial charge in [-0.05, 0) is 24.6 Å². The van der Waals surface area contributed by atoms with Gasteiger partial charge >= 0.3 is 24.3 Å². The van der Waals surface area contributed by atoms with Crippen molar-refractivity contribution in [2.24, 2.45) is 0 Å². The lowest BCUT2D eigenvalue weighted by molar-refractivity contribution is -0.143. The third-order valence-corrected chi connectivity index (χ3v) is 3.98. The summed E-state index contributed by atoms with van der Waals surface area (Å²) >= 11 is 3.15. The van der Waals surface area contributed by atoms with E-state index in [9.17, 15) is 32.3 Å². The molecule has 2 N–H and O–H groups in total. The van der Waals surface area contributed by atoms with E-state index in [-0.39, 0.29) is 12.2 Å². The molecule has 0 aliphatic rings. The van der Waals surface area contributed by atoms with Crippen LogP contribution in [0.5, 0.6) is 0 Å². The summed E-state index contributed by atoms with van der Waals surface area (Å²) in [5.74, 6) is -7.91. The van der Waals surface area contributed by atoms with E-state index >= 15 is 0 Å². The van der Waals surface area contributed by atoms with Gasteiger partial charge in [0, 0.05) is 10.0 Å². The molecule has 28 heavy (non-hydrogen) atoms. The minimum Gasteiger partial charge on any atom is -0.477 e. The molecular weight excluding hydrogens is 454 g/mol. The fraction of sp³-hybridized carbons (Fsp3) is 0.250. The topological polar surface area (TPSA) is 105 Å². The number of nitrogens with one attached hydrogen (secondary N) is 1. The Morgan fingerprint density at radius 3 is 2.36 bits per heavy atom. The summed E-state index contributed by atoms with van der Waals surface area (Å²) in [6, 6.07) is 5.46. The van der Waals surface area contributed by atoms with Crippen LogP contribution in [0.4, 0.5) is 17.6 Å². The third-order valence-electron chi connectivity index (χ3n) is 3.45. The smallest absolute Gasteiger partial charge is 0.352 e. The number of halogens is 5. The first-order valence-corrected chi connectivity index (χ1v) is 8.38. The molecule has 0 fully saturated rings. The number of esters is 1. The van der Waals surface area contributed by atoms with Crippen molar-refractivity contribution in [3.63, 3.8) is 0 Å². The van der Waals surface area contributed by atoms with Crippen LogP contribution in [-0.4, -0.2) is 45.5 Å². The Balaban J connectivity index is 2.87. The average Bonchev–Trinajstić information content (AvgIpc) is 3.10. The number of carboxylic acids is 1. The van der Waals surface area contributed by atoms with Crippen LogP contribution in [0.25, 0.3) is 5.57 Å². The van der Waals surface area contributed by atoms with E-state index in [1.54, 1.807) is 5.21 Å². The number of alkyl halides is 4. The Labute approximate surface area is 163 Å². The Hall–Kier alpha value is -2.76. The number of aromatic amines is 1. The van der Waals surface area contributed by atoms with Gasteiger partial charge in [0.05, 0.1) is 6.61 Å². The molecule has 1 aromatic heterocycles. The van der Waals surface area contributed by atoms with Crippen LogP contribution in [0.15, 0.2) is 34.3 Å². The Morgan fingerprint density at radius 1 is 1.25 bits per heavy atom. The molecule has 0 spiro atoms. The van der Waals surface area contributed by atoms with E-state index in [4.69, 9.17) is 0 Å². The highest BCUT2D eigenvalue weighted by atomic mass is 79.9. The van der Waals surface area contributed by atoms with Gasteiger partial charge in [0.1, 0.15) is 5.69 Å². The zero-order chi connectivity index (χ0) is 21.1. The second-order valence-electron chi connectivity index (χ2n) is 5.23. The van der Waals surface area contributed by atoms with Gasteiger partial charge < -0.3 is 9.84 Å². The lowest BCUT2D eigenvalue weighted by atomic mass is 9.94. The van der Waals surface area contributed by atoms with Crippen LogP contribution >= 0.6 is 15.9 Å². The number of aromatic nitrogens is 3. The molecule has 2 rings (SSSR count). The first-order valence-electron chi connectivity index (χ1n) is 7.59. The molecule has 150 valence electrons. The SMILES string of the molecule is CCOC(=O)/C(C(=O)O)=C(\c1ccc(Br)cc1)c1n[nH]nc1C(F)(F)C(F)F. The zero-order valence-electron chi connectivity index (χ0n) is 14.1. The molecule has 0 saturated heterocycles. The number of aliphatic carboxylic acids is 1. The standard InChI is InChI=1S/C16H12BrF4N3O4/c1-2-28-14(27)10(13(25)26)9(7-3-5-8(17)6-4-7)11-12(23-24-22-11)16(20,21)15(18)19/h3-6,15H,2H2,1H3,(H,25,26)(H,22,23,24)/b10-9+. The third kappa shape index (κ3) is 4.21. The molecule has 0 bridgehead atoms. The van der Waals surface area contributed by atoms with Gasteiger partial charge in [0.25, 0.3) is 0 Å². The van der Waals surface area contributed by atoms with E-state index < -0.39 is 46.8 Å². The summed E-state index contributed by atoms with van der Waals surface area (Å²) in [4.78, 5) is 23.9. The van der Waals surface area contributed by atoms with Gasteiger partial charge in [-0.3, -0.25) is 0 Å². The number of nitrogens with zero attached hydrogens (tertiary/aromatic N) is 2. The molecule has 1 heterocycles. The molecule has 2 aromatic rings. The number of carboxylic acid groups (broad SMARTS) is 1. The normalized spacial score (nSPS) is 12.7. The molecule has 0 unspecified atom stereocenters. The molecule has 12 heteroatoms. The predicted molar refractivity (Wildman–Crippen MR) is 90.7 cm³/mol. The zero-order valence-corrected chi connectivity index (χ0v) is 15.6. The van der Waals surface area contributed by atoms with E-state index in [0.717, 1.165) is 0 Å². The van der Waals surface area contributed by atoms with Crippen molar-refractivity contribution in [1.29, 1.82) is 0 Å². The second-order valence-corrected chi connectivity index (χ2v) is 6.14. The van der Waals surface area contributed by atoms with Crippen molar-refractivity contribution in [2.45, 2.75) is 19.3 Å². The van der Waals surface area contributed by atoms with Crippen molar-refractivity contribution in [1.82, 2.24) is 15.4 Å². The highest BCUT2D eigenvalue weighted by Gasteiger charge is 2.48. The lowest BCUT2D eigenvalue weighted by Crippen LogP contribution is -2.26. The van der Waals surface area contributed by atoms with Crippen molar-refractivity contribution in [2.75, 3.05) is 6.61 Å². The summed E-state index contributed by atoms with van der Waals surface area (Å²) < 4.78 is 58.9. The van der Waals surface area contributed by atoms with Crippen LogP contribution in [0, 0.1) is 0 Å². The van der Waals surface area contributed by atoms with E-state index in [1.807, 2.05) is 0 Å². The van der Waals surface area contributed by atoms with Gasteiger partial charge in [-0.25, -0.2) is 18.4 Å². The van der Waals surface area contributed by atoms with Crippen molar-refractivity contribution in [3.8, 4) is 0 Å². The average molecular weight is 466 g/mol. The number of carbonyl (C=O) groups is 2. The fourth-order valence-electron chi connectivity index (χ4n) is 2.26. The van der Waals surface area contributed by atoms with Crippen LogP contribution < -0.4 is 0 Å². The quantitative estimate of drug-likeness (QED) is 0.213. The van der Waals surface area contributed by atoms with E-state index in [0.29, 0.717) is 4.47 Å². The second kappa shape index (κ2) is 8.50. The highest BCUT2D eigenvalue weighted by Crippen LogP contribution is 2.39. The largest absolute Gasteiger partial charge is 0.477 e. The maximum Gasteiger partial charge on any atom is 0.352 e. The molecule has 0 saturated carbocycles. The van der Waals surface area contributed by atoms with Crippen LogP contribution in [0.1, 0.15) is 23.9 Å². The summed E-state index contributed by atoms with van der Waals surface area (Å²) in [5.41, 5.74) is -4.14. The molecule has 0 atom stereocenters. The predicted octanol–water partition coefficient (Wildman–Crippen LogP) is 3.37. The monoisotopic (exact) mass is 465 g/mol. The first-order chi connectivity index (χ1) is 13.1.